The summed E-state index contributed by atoms with van der Waals surface area (Å²) >= 11 is 0. The lowest BCUT2D eigenvalue weighted by Gasteiger charge is -2.29. The third-order valence-electron chi connectivity index (χ3n) is 4.40. The summed E-state index contributed by atoms with van der Waals surface area (Å²) in [6, 6.07) is 5.98. The smallest absolute Gasteiger partial charge is 0.237 e. The molecule has 0 bridgehead atoms. The van der Waals surface area contributed by atoms with Crippen LogP contribution in [0.25, 0.3) is 0 Å². The molecule has 2 fully saturated rings. The van der Waals surface area contributed by atoms with Crippen molar-refractivity contribution in [3.63, 3.8) is 0 Å². The first kappa shape index (κ1) is 13.3. The molecule has 0 radical (unpaired) electrons. The van der Waals surface area contributed by atoms with Gasteiger partial charge in [-0.15, -0.1) is 0 Å². The zero-order valence-corrected chi connectivity index (χ0v) is 11.3. The standard InChI is InChI=1S/C16H18FNO2/c17-12-8-6-11(7-9-12)14-10-15(19)18(16(14)20)13-4-2-1-3-5-13/h6-9,13-14H,1-5,10H2/t14-/m1/s1. The fourth-order valence-electron chi connectivity index (χ4n) is 3.33. The lowest BCUT2D eigenvalue weighted by atomic mass is 9.94. The summed E-state index contributed by atoms with van der Waals surface area (Å²) in [6.45, 7) is 0. The first-order chi connectivity index (χ1) is 9.66. The molecular formula is C16H18FNO2. The number of likely N-dealkylation sites (tertiary alicyclic amines) is 1. The Morgan fingerprint density at radius 3 is 2.30 bits per heavy atom. The Morgan fingerprint density at radius 2 is 1.65 bits per heavy atom. The number of hydrogen-bond acceptors (Lipinski definition) is 2. The van der Waals surface area contributed by atoms with Gasteiger partial charge in [0.1, 0.15) is 5.82 Å². The Labute approximate surface area is 117 Å². The molecule has 1 atom stereocenters. The maximum atomic E-state index is 13.0. The van der Waals surface area contributed by atoms with Crippen molar-refractivity contribution in [1.29, 1.82) is 0 Å². The van der Waals surface area contributed by atoms with Gasteiger partial charge in [-0.25, -0.2) is 4.39 Å². The van der Waals surface area contributed by atoms with Gasteiger partial charge in [-0.05, 0) is 30.5 Å². The largest absolute Gasteiger partial charge is 0.279 e. The molecule has 2 amide bonds. The lowest BCUT2D eigenvalue weighted by Crippen LogP contribution is -2.41. The molecule has 0 N–H and O–H groups in total. The van der Waals surface area contributed by atoms with Gasteiger partial charge in [0.2, 0.25) is 11.8 Å². The fraction of sp³-hybridized carbons (Fsp3) is 0.500. The van der Waals surface area contributed by atoms with E-state index in [9.17, 15) is 14.0 Å². The van der Waals surface area contributed by atoms with Gasteiger partial charge in [-0.2, -0.15) is 0 Å². The van der Waals surface area contributed by atoms with Crippen molar-refractivity contribution in [2.24, 2.45) is 0 Å². The van der Waals surface area contributed by atoms with Crippen LogP contribution in [0, 0.1) is 5.82 Å². The zero-order valence-electron chi connectivity index (χ0n) is 11.3. The Hall–Kier alpha value is -1.71. The molecule has 0 aromatic heterocycles. The Balaban J connectivity index is 1.80. The van der Waals surface area contributed by atoms with Crippen LogP contribution in [0.3, 0.4) is 0 Å². The molecule has 20 heavy (non-hydrogen) atoms. The van der Waals surface area contributed by atoms with Crippen LogP contribution in [0.2, 0.25) is 0 Å². The second kappa shape index (κ2) is 5.35. The molecule has 3 nitrogen and oxygen atoms in total. The summed E-state index contributed by atoms with van der Waals surface area (Å²) in [6.07, 6.45) is 5.43. The van der Waals surface area contributed by atoms with Crippen molar-refractivity contribution in [2.75, 3.05) is 0 Å². The highest BCUT2D eigenvalue weighted by Crippen LogP contribution is 2.34. The summed E-state index contributed by atoms with van der Waals surface area (Å²) in [5.74, 6) is -0.926. The van der Waals surface area contributed by atoms with E-state index in [2.05, 4.69) is 0 Å². The number of imide groups is 1. The Kier molecular flexibility index (Phi) is 3.55. The normalized spacial score (nSPS) is 24.4. The number of rotatable bonds is 2. The molecule has 3 rings (SSSR count). The summed E-state index contributed by atoms with van der Waals surface area (Å²) in [5, 5.41) is 0. The summed E-state index contributed by atoms with van der Waals surface area (Å²) in [5.41, 5.74) is 0.739. The minimum atomic E-state index is -0.426. The summed E-state index contributed by atoms with van der Waals surface area (Å²) in [7, 11) is 0. The molecule has 4 heteroatoms. The van der Waals surface area contributed by atoms with Crippen LogP contribution in [0.4, 0.5) is 4.39 Å². The van der Waals surface area contributed by atoms with E-state index in [0.29, 0.717) is 0 Å². The van der Waals surface area contributed by atoms with Gasteiger partial charge < -0.3 is 0 Å². The number of nitrogens with zero attached hydrogens (tertiary/aromatic N) is 1. The highest BCUT2D eigenvalue weighted by molar-refractivity contribution is 6.06. The van der Waals surface area contributed by atoms with Crippen LogP contribution in [-0.4, -0.2) is 22.8 Å². The van der Waals surface area contributed by atoms with Crippen LogP contribution in [-0.2, 0) is 9.59 Å². The first-order valence-electron chi connectivity index (χ1n) is 7.28. The monoisotopic (exact) mass is 275 g/mol. The van der Waals surface area contributed by atoms with Crippen molar-refractivity contribution < 1.29 is 14.0 Å². The summed E-state index contributed by atoms with van der Waals surface area (Å²) < 4.78 is 13.0. The number of carbonyl (C=O) groups excluding carboxylic acids is 2. The fourth-order valence-corrected chi connectivity index (χ4v) is 3.33. The number of benzene rings is 1. The minimum Gasteiger partial charge on any atom is -0.279 e. The average molecular weight is 275 g/mol. The van der Waals surface area contributed by atoms with Crippen LogP contribution in [0.5, 0.6) is 0 Å². The van der Waals surface area contributed by atoms with Crippen LogP contribution in [0.15, 0.2) is 24.3 Å². The Morgan fingerprint density at radius 1 is 1.00 bits per heavy atom. The SMILES string of the molecule is O=C1C[C@H](c2ccc(F)cc2)C(=O)N1C1CCCCC1. The number of amides is 2. The molecule has 1 saturated heterocycles. The highest BCUT2D eigenvalue weighted by atomic mass is 19.1. The Bertz CT molecular complexity index is 520. The molecule has 2 aliphatic rings. The molecule has 1 heterocycles. The molecule has 1 aromatic carbocycles. The maximum absolute atomic E-state index is 13.0. The van der Waals surface area contributed by atoms with Crippen molar-refractivity contribution in [3.8, 4) is 0 Å². The average Bonchev–Trinajstić information content (AvgIpc) is 2.76. The van der Waals surface area contributed by atoms with Gasteiger partial charge in [-0.1, -0.05) is 31.4 Å². The van der Waals surface area contributed by atoms with Crippen LogP contribution >= 0.6 is 0 Å². The van der Waals surface area contributed by atoms with Crippen molar-refractivity contribution in [2.45, 2.75) is 50.5 Å². The van der Waals surface area contributed by atoms with Gasteiger partial charge in [-0.3, -0.25) is 14.5 Å². The van der Waals surface area contributed by atoms with Gasteiger partial charge in [0.15, 0.2) is 0 Å². The van der Waals surface area contributed by atoms with E-state index in [-0.39, 0.29) is 30.1 Å². The van der Waals surface area contributed by atoms with E-state index >= 15 is 0 Å². The van der Waals surface area contributed by atoms with Crippen molar-refractivity contribution >= 4 is 11.8 Å². The number of hydrogen-bond donors (Lipinski definition) is 0. The third kappa shape index (κ3) is 2.35. The quantitative estimate of drug-likeness (QED) is 0.778. The van der Waals surface area contributed by atoms with E-state index < -0.39 is 5.92 Å². The van der Waals surface area contributed by atoms with Gasteiger partial charge in [0.05, 0.1) is 5.92 Å². The number of carbonyl (C=O) groups is 2. The molecule has 106 valence electrons. The topological polar surface area (TPSA) is 37.4 Å². The van der Waals surface area contributed by atoms with Crippen LogP contribution in [0.1, 0.15) is 50.0 Å². The van der Waals surface area contributed by atoms with Crippen LogP contribution < -0.4 is 0 Å². The molecule has 1 aliphatic heterocycles. The summed E-state index contributed by atoms with van der Waals surface area (Å²) in [4.78, 5) is 26.2. The molecule has 1 aromatic rings. The highest BCUT2D eigenvalue weighted by Gasteiger charge is 2.42. The molecular weight excluding hydrogens is 257 g/mol. The van der Waals surface area contributed by atoms with Gasteiger partial charge in [0, 0.05) is 12.5 Å². The van der Waals surface area contributed by atoms with E-state index in [1.54, 1.807) is 12.1 Å². The van der Waals surface area contributed by atoms with Crippen molar-refractivity contribution in [1.82, 2.24) is 4.90 Å². The molecule has 0 unspecified atom stereocenters. The van der Waals surface area contributed by atoms with Crippen molar-refractivity contribution in [3.05, 3.63) is 35.6 Å². The van der Waals surface area contributed by atoms with Gasteiger partial charge in [0.25, 0.3) is 0 Å². The zero-order chi connectivity index (χ0) is 14.1. The molecule has 1 saturated carbocycles. The predicted molar refractivity (Wildman–Crippen MR) is 72.5 cm³/mol. The second-order valence-electron chi connectivity index (χ2n) is 5.70. The molecule has 0 spiro atoms. The number of halogens is 1. The van der Waals surface area contributed by atoms with E-state index in [1.807, 2.05) is 0 Å². The van der Waals surface area contributed by atoms with Gasteiger partial charge >= 0.3 is 0 Å². The molecule has 1 aliphatic carbocycles. The predicted octanol–water partition coefficient (Wildman–Crippen LogP) is 3.00. The lowest BCUT2D eigenvalue weighted by molar-refractivity contribution is -0.142. The third-order valence-corrected chi connectivity index (χ3v) is 4.40. The van der Waals surface area contributed by atoms with E-state index in [1.165, 1.54) is 23.5 Å². The maximum Gasteiger partial charge on any atom is 0.237 e. The first-order valence-corrected chi connectivity index (χ1v) is 7.28. The second-order valence-corrected chi connectivity index (χ2v) is 5.70. The van der Waals surface area contributed by atoms with E-state index in [0.717, 1.165) is 31.2 Å². The minimum absolute atomic E-state index is 0.0729. The van der Waals surface area contributed by atoms with E-state index in [4.69, 9.17) is 0 Å².